The third-order valence-electron chi connectivity index (χ3n) is 2.78. The first-order chi connectivity index (χ1) is 9.58. The maximum atomic E-state index is 12.4. The molecule has 0 aromatic carbocycles. The molecule has 0 amide bonds. The Bertz CT molecular complexity index is 619. The monoisotopic (exact) mass is 286 g/mol. The number of aryl methyl sites for hydroxylation is 1. The summed E-state index contributed by atoms with van der Waals surface area (Å²) in [6, 6.07) is 0. The summed E-state index contributed by atoms with van der Waals surface area (Å²) < 4.78 is 27.4. The first-order valence-electron chi connectivity index (χ1n) is 6.81. The van der Waals surface area contributed by atoms with Crippen LogP contribution in [0.4, 0.5) is 8.78 Å². The van der Waals surface area contributed by atoms with Crippen molar-refractivity contribution < 1.29 is 8.78 Å². The van der Waals surface area contributed by atoms with Gasteiger partial charge in [-0.05, 0) is 6.92 Å². The molecular weight excluding hydrogens is 266 g/mol. The quantitative estimate of drug-likeness (QED) is 0.867. The second-order valence-corrected chi connectivity index (χ2v) is 3.89. The molecule has 0 bridgehead atoms. The number of hydrogen-bond acceptors (Lipinski definition) is 3. The van der Waals surface area contributed by atoms with E-state index < -0.39 is 13.0 Å². The molecule has 20 heavy (non-hydrogen) atoms. The molecule has 2 aromatic rings. The van der Waals surface area contributed by atoms with Crippen molar-refractivity contribution in [2.24, 2.45) is 0 Å². The molecule has 0 saturated heterocycles. The Labute approximate surface area is 116 Å². The fourth-order valence-corrected chi connectivity index (χ4v) is 1.95. The predicted octanol–water partition coefficient (Wildman–Crippen LogP) is 2.47. The highest BCUT2D eigenvalue weighted by molar-refractivity contribution is 5.73. The topological polar surface area (TPSA) is 52.7 Å². The largest absolute Gasteiger partial charge is 0.296 e. The van der Waals surface area contributed by atoms with Gasteiger partial charge in [0.25, 0.3) is 12.0 Å². The van der Waals surface area contributed by atoms with Crippen molar-refractivity contribution in [1.82, 2.24) is 19.3 Å². The average Bonchev–Trinajstić information content (AvgIpc) is 2.83. The highest BCUT2D eigenvalue weighted by Gasteiger charge is 2.15. The van der Waals surface area contributed by atoms with Gasteiger partial charge in [-0.3, -0.25) is 9.36 Å². The van der Waals surface area contributed by atoms with E-state index in [9.17, 15) is 13.6 Å². The molecule has 0 aliphatic rings. The average molecular weight is 286 g/mol. The molecule has 7 heteroatoms. The van der Waals surface area contributed by atoms with Crippen LogP contribution in [0.5, 0.6) is 0 Å². The van der Waals surface area contributed by atoms with Gasteiger partial charge in [0.15, 0.2) is 5.65 Å². The van der Waals surface area contributed by atoms with Crippen LogP contribution in [-0.4, -0.2) is 25.8 Å². The van der Waals surface area contributed by atoms with Crippen molar-refractivity contribution in [3.8, 4) is 0 Å². The van der Waals surface area contributed by atoms with Gasteiger partial charge in [0.1, 0.15) is 17.8 Å². The normalized spacial score (nSPS) is 10.8. The Morgan fingerprint density at radius 3 is 2.45 bits per heavy atom. The smallest absolute Gasteiger partial charge is 0.264 e. The second kappa shape index (κ2) is 7.12. The van der Waals surface area contributed by atoms with Gasteiger partial charge in [0.05, 0.1) is 6.20 Å². The number of fused-ring (bicyclic) bond motifs is 1. The van der Waals surface area contributed by atoms with E-state index in [-0.39, 0.29) is 16.6 Å². The van der Waals surface area contributed by atoms with E-state index in [1.54, 1.807) is 0 Å². The lowest BCUT2D eigenvalue weighted by atomic mass is 10.3. The zero-order valence-corrected chi connectivity index (χ0v) is 12.2. The molecule has 2 heterocycles. The fraction of sp³-hybridized carbons (Fsp3) is 0.615. The minimum absolute atomic E-state index is 0.222. The van der Waals surface area contributed by atoms with Crippen molar-refractivity contribution >= 4 is 11.0 Å². The Balaban J connectivity index is 0.000000956. The Kier molecular flexibility index (Phi) is 5.79. The van der Waals surface area contributed by atoms with Gasteiger partial charge in [-0.1, -0.05) is 20.8 Å². The first kappa shape index (κ1) is 16.3. The summed E-state index contributed by atoms with van der Waals surface area (Å²) in [5, 5.41) is 4.09. The lowest BCUT2D eigenvalue weighted by molar-refractivity contribution is 0.123. The molecule has 112 valence electrons. The number of aromatic nitrogens is 4. The van der Waals surface area contributed by atoms with E-state index in [2.05, 4.69) is 10.1 Å². The molecule has 0 saturated carbocycles. The van der Waals surface area contributed by atoms with Gasteiger partial charge in [0, 0.05) is 13.0 Å². The number of halogens is 2. The van der Waals surface area contributed by atoms with Crippen LogP contribution in [0.3, 0.4) is 0 Å². The summed E-state index contributed by atoms with van der Waals surface area (Å²) in [6.45, 7) is 7.67. The third kappa shape index (κ3) is 3.02. The van der Waals surface area contributed by atoms with Crippen molar-refractivity contribution in [3.05, 3.63) is 22.4 Å². The zero-order valence-electron chi connectivity index (χ0n) is 12.2. The summed E-state index contributed by atoms with van der Waals surface area (Å²) in [5.41, 5.74) is 0.0155. The number of rotatable bonds is 4. The van der Waals surface area contributed by atoms with Gasteiger partial charge in [0.2, 0.25) is 0 Å². The second-order valence-electron chi connectivity index (χ2n) is 3.89. The van der Waals surface area contributed by atoms with Gasteiger partial charge in [-0.15, -0.1) is 0 Å². The number of hydrogen-bond donors (Lipinski definition) is 0. The van der Waals surface area contributed by atoms with E-state index >= 15 is 0 Å². The molecule has 2 aromatic heterocycles. The van der Waals surface area contributed by atoms with Crippen molar-refractivity contribution in [2.45, 2.75) is 53.6 Å². The Morgan fingerprint density at radius 1 is 1.30 bits per heavy atom. The van der Waals surface area contributed by atoms with Gasteiger partial charge in [-0.2, -0.15) is 5.10 Å². The Hall–Kier alpha value is -1.79. The SMILES string of the molecule is CC.CCc1nc2c(cnn2CC(F)F)c(=O)n1CC. The van der Waals surface area contributed by atoms with Crippen molar-refractivity contribution in [3.63, 3.8) is 0 Å². The maximum absolute atomic E-state index is 12.4. The van der Waals surface area contributed by atoms with E-state index in [1.807, 2.05) is 27.7 Å². The van der Waals surface area contributed by atoms with Crippen LogP contribution in [0.2, 0.25) is 0 Å². The molecule has 0 N–H and O–H groups in total. The van der Waals surface area contributed by atoms with Crippen LogP contribution in [0, 0.1) is 0 Å². The Morgan fingerprint density at radius 2 is 1.95 bits per heavy atom. The van der Waals surface area contributed by atoms with Crippen LogP contribution in [0.15, 0.2) is 11.0 Å². The summed E-state index contributed by atoms with van der Waals surface area (Å²) in [6.07, 6.45) is -0.647. The molecule has 2 rings (SSSR count). The first-order valence-corrected chi connectivity index (χ1v) is 6.81. The molecule has 0 spiro atoms. The molecule has 0 aliphatic carbocycles. The highest BCUT2D eigenvalue weighted by Crippen LogP contribution is 2.10. The zero-order chi connectivity index (χ0) is 15.3. The van der Waals surface area contributed by atoms with Crippen LogP contribution >= 0.6 is 0 Å². The summed E-state index contributed by atoms with van der Waals surface area (Å²) in [7, 11) is 0. The summed E-state index contributed by atoms with van der Waals surface area (Å²) in [4.78, 5) is 16.4. The van der Waals surface area contributed by atoms with Gasteiger partial charge in [-0.25, -0.2) is 18.4 Å². The standard InChI is InChI=1S/C11H14F2N4O.C2H6/c1-3-9-15-10-7(11(18)16(9)4-2)5-14-17(10)6-8(12)13;1-2/h5,8H,3-4,6H2,1-2H3;1-2H3. The maximum Gasteiger partial charge on any atom is 0.264 e. The van der Waals surface area contributed by atoms with Crippen molar-refractivity contribution in [2.75, 3.05) is 0 Å². The van der Waals surface area contributed by atoms with E-state index in [4.69, 9.17) is 0 Å². The van der Waals surface area contributed by atoms with E-state index in [1.165, 1.54) is 10.8 Å². The molecule has 0 atom stereocenters. The summed E-state index contributed by atoms with van der Waals surface area (Å²) >= 11 is 0. The van der Waals surface area contributed by atoms with Crippen LogP contribution in [0.1, 0.15) is 33.5 Å². The van der Waals surface area contributed by atoms with Crippen LogP contribution < -0.4 is 5.56 Å². The molecule has 0 unspecified atom stereocenters. The fourth-order valence-electron chi connectivity index (χ4n) is 1.95. The van der Waals surface area contributed by atoms with E-state index in [0.29, 0.717) is 18.8 Å². The van der Waals surface area contributed by atoms with Gasteiger partial charge < -0.3 is 0 Å². The molecule has 0 fully saturated rings. The highest BCUT2D eigenvalue weighted by atomic mass is 19.3. The lowest BCUT2D eigenvalue weighted by Gasteiger charge is -2.09. The number of alkyl halides is 2. The van der Waals surface area contributed by atoms with Crippen LogP contribution in [0.25, 0.3) is 11.0 Å². The third-order valence-corrected chi connectivity index (χ3v) is 2.78. The molecule has 5 nitrogen and oxygen atoms in total. The molecule has 0 radical (unpaired) electrons. The van der Waals surface area contributed by atoms with Gasteiger partial charge >= 0.3 is 0 Å². The molecular formula is C13H20F2N4O. The minimum Gasteiger partial charge on any atom is -0.296 e. The lowest BCUT2D eigenvalue weighted by Crippen LogP contribution is -2.24. The van der Waals surface area contributed by atoms with E-state index in [0.717, 1.165) is 4.68 Å². The molecule has 0 aliphatic heterocycles. The minimum atomic E-state index is -2.52. The summed E-state index contributed by atoms with van der Waals surface area (Å²) in [5.74, 6) is 0.589. The predicted molar refractivity (Wildman–Crippen MR) is 74.2 cm³/mol. The van der Waals surface area contributed by atoms with Crippen molar-refractivity contribution in [1.29, 1.82) is 0 Å². The number of nitrogens with zero attached hydrogens (tertiary/aromatic N) is 4. The van der Waals surface area contributed by atoms with Crippen LogP contribution in [-0.2, 0) is 19.5 Å².